The first-order chi connectivity index (χ1) is 9.60. The lowest BCUT2D eigenvalue weighted by molar-refractivity contribution is -0.133. The minimum atomic E-state index is -1.07. The van der Waals surface area contributed by atoms with Crippen LogP contribution in [0.15, 0.2) is 35.9 Å². The maximum absolute atomic E-state index is 12.2. The van der Waals surface area contributed by atoms with Gasteiger partial charge < -0.3 is 14.7 Å². The Morgan fingerprint density at radius 2 is 2.10 bits per heavy atom. The number of ether oxygens (including phenoxy) is 1. The van der Waals surface area contributed by atoms with E-state index in [-0.39, 0.29) is 5.91 Å². The number of carbonyl (C=O) groups is 2. The SMILES string of the molecule is COc1ccc(CN2CCCC(=CC(=O)O)C2=O)cc1. The third-order valence-corrected chi connectivity index (χ3v) is 3.27. The fraction of sp³-hybridized carbons (Fsp3) is 0.333. The molecule has 5 nitrogen and oxygen atoms in total. The smallest absolute Gasteiger partial charge is 0.328 e. The number of piperidine rings is 1. The zero-order valence-electron chi connectivity index (χ0n) is 11.3. The molecule has 106 valence electrons. The van der Waals surface area contributed by atoms with Gasteiger partial charge in [0.25, 0.3) is 0 Å². The van der Waals surface area contributed by atoms with Crippen LogP contribution in [0.2, 0.25) is 0 Å². The van der Waals surface area contributed by atoms with E-state index >= 15 is 0 Å². The van der Waals surface area contributed by atoms with Gasteiger partial charge in [-0.25, -0.2) is 4.79 Å². The molecule has 0 aliphatic carbocycles. The number of hydrogen-bond donors (Lipinski definition) is 1. The van der Waals surface area contributed by atoms with Gasteiger partial charge in [0.05, 0.1) is 7.11 Å². The second-order valence-electron chi connectivity index (χ2n) is 4.69. The van der Waals surface area contributed by atoms with Crippen molar-refractivity contribution in [3.63, 3.8) is 0 Å². The van der Waals surface area contributed by atoms with Crippen LogP contribution in [0.3, 0.4) is 0 Å². The van der Waals surface area contributed by atoms with Gasteiger partial charge in [0.15, 0.2) is 0 Å². The van der Waals surface area contributed by atoms with Gasteiger partial charge >= 0.3 is 5.97 Å². The molecule has 0 bridgehead atoms. The first-order valence-corrected chi connectivity index (χ1v) is 6.46. The Morgan fingerprint density at radius 3 is 2.70 bits per heavy atom. The molecular weight excluding hydrogens is 258 g/mol. The average Bonchev–Trinajstić information content (AvgIpc) is 2.43. The van der Waals surface area contributed by atoms with Crippen molar-refractivity contribution in [3.05, 3.63) is 41.5 Å². The molecule has 0 aromatic heterocycles. The van der Waals surface area contributed by atoms with E-state index in [4.69, 9.17) is 9.84 Å². The topological polar surface area (TPSA) is 66.8 Å². The van der Waals surface area contributed by atoms with Crippen LogP contribution in [0.4, 0.5) is 0 Å². The van der Waals surface area contributed by atoms with E-state index in [1.165, 1.54) is 0 Å². The first kappa shape index (κ1) is 14.1. The van der Waals surface area contributed by atoms with Crippen molar-refractivity contribution in [3.8, 4) is 5.75 Å². The van der Waals surface area contributed by atoms with Gasteiger partial charge in [-0.2, -0.15) is 0 Å². The van der Waals surface area contributed by atoms with Crippen LogP contribution in [0, 0.1) is 0 Å². The molecule has 0 unspecified atom stereocenters. The summed E-state index contributed by atoms with van der Waals surface area (Å²) in [6.45, 7) is 1.14. The summed E-state index contributed by atoms with van der Waals surface area (Å²) in [5.41, 5.74) is 1.37. The van der Waals surface area contributed by atoms with Gasteiger partial charge in [0, 0.05) is 24.7 Å². The van der Waals surface area contributed by atoms with Gasteiger partial charge in [0.2, 0.25) is 5.91 Å². The summed E-state index contributed by atoms with van der Waals surface area (Å²) in [5.74, 6) is -0.487. The molecule has 1 heterocycles. The zero-order valence-corrected chi connectivity index (χ0v) is 11.3. The Balaban J connectivity index is 2.08. The average molecular weight is 275 g/mol. The summed E-state index contributed by atoms with van der Waals surface area (Å²) in [4.78, 5) is 24.5. The molecule has 1 N–H and O–H groups in total. The Kier molecular flexibility index (Phi) is 4.40. The number of aliphatic carboxylic acids is 1. The lowest BCUT2D eigenvalue weighted by Crippen LogP contribution is -2.36. The molecule has 1 aliphatic rings. The highest BCUT2D eigenvalue weighted by atomic mass is 16.5. The number of carboxylic acid groups (broad SMARTS) is 1. The highest BCUT2D eigenvalue weighted by Crippen LogP contribution is 2.20. The van der Waals surface area contributed by atoms with Crippen LogP contribution in [0.5, 0.6) is 5.75 Å². The standard InChI is InChI=1S/C15H17NO4/c1-20-13-6-4-11(5-7-13)10-16-8-2-3-12(15(16)19)9-14(17)18/h4-7,9H,2-3,8,10H2,1H3,(H,17,18). The van der Waals surface area contributed by atoms with E-state index in [1.807, 2.05) is 24.3 Å². The Bertz CT molecular complexity index is 533. The minimum Gasteiger partial charge on any atom is -0.497 e. The van der Waals surface area contributed by atoms with E-state index in [2.05, 4.69) is 0 Å². The van der Waals surface area contributed by atoms with E-state index in [1.54, 1.807) is 12.0 Å². The maximum atomic E-state index is 12.2. The molecule has 1 fully saturated rings. The van der Waals surface area contributed by atoms with Crippen LogP contribution >= 0.6 is 0 Å². The summed E-state index contributed by atoms with van der Waals surface area (Å²) in [6, 6.07) is 7.50. The van der Waals surface area contributed by atoms with Gasteiger partial charge in [-0.15, -0.1) is 0 Å². The molecule has 2 rings (SSSR count). The lowest BCUT2D eigenvalue weighted by atomic mass is 10.0. The molecule has 1 aliphatic heterocycles. The Morgan fingerprint density at radius 1 is 1.40 bits per heavy atom. The van der Waals surface area contributed by atoms with Crippen molar-refractivity contribution in [2.24, 2.45) is 0 Å². The fourth-order valence-corrected chi connectivity index (χ4v) is 2.26. The Labute approximate surface area is 117 Å². The van der Waals surface area contributed by atoms with Crippen molar-refractivity contribution >= 4 is 11.9 Å². The third-order valence-electron chi connectivity index (χ3n) is 3.27. The highest BCUT2D eigenvalue weighted by molar-refractivity contribution is 5.99. The third kappa shape index (κ3) is 3.38. The molecule has 0 radical (unpaired) electrons. The fourth-order valence-electron chi connectivity index (χ4n) is 2.26. The molecular formula is C15H17NO4. The van der Waals surface area contributed by atoms with Crippen molar-refractivity contribution < 1.29 is 19.4 Å². The predicted molar refractivity (Wildman–Crippen MR) is 73.4 cm³/mol. The van der Waals surface area contributed by atoms with Crippen LogP contribution in [0.1, 0.15) is 18.4 Å². The number of carbonyl (C=O) groups excluding carboxylic acids is 1. The predicted octanol–water partition coefficient (Wildman–Crippen LogP) is 1.83. The van der Waals surface area contributed by atoms with Crippen LogP contribution in [-0.4, -0.2) is 35.5 Å². The van der Waals surface area contributed by atoms with Crippen molar-refractivity contribution in [1.82, 2.24) is 4.90 Å². The van der Waals surface area contributed by atoms with Gasteiger partial charge in [-0.05, 0) is 30.5 Å². The molecule has 5 heteroatoms. The molecule has 1 saturated heterocycles. The second-order valence-corrected chi connectivity index (χ2v) is 4.69. The van der Waals surface area contributed by atoms with Crippen molar-refractivity contribution in [1.29, 1.82) is 0 Å². The molecule has 1 aromatic carbocycles. The quantitative estimate of drug-likeness (QED) is 0.851. The van der Waals surface area contributed by atoms with E-state index in [9.17, 15) is 9.59 Å². The van der Waals surface area contributed by atoms with E-state index in [0.717, 1.165) is 23.8 Å². The largest absolute Gasteiger partial charge is 0.497 e. The first-order valence-electron chi connectivity index (χ1n) is 6.46. The van der Waals surface area contributed by atoms with E-state index in [0.29, 0.717) is 25.1 Å². The van der Waals surface area contributed by atoms with Gasteiger partial charge in [-0.1, -0.05) is 12.1 Å². The summed E-state index contributed by atoms with van der Waals surface area (Å²) in [6.07, 6.45) is 2.34. The van der Waals surface area contributed by atoms with Crippen LogP contribution < -0.4 is 4.74 Å². The molecule has 0 atom stereocenters. The number of methoxy groups -OCH3 is 1. The number of nitrogens with zero attached hydrogens (tertiary/aromatic N) is 1. The molecule has 0 spiro atoms. The van der Waals surface area contributed by atoms with E-state index < -0.39 is 5.97 Å². The number of carboxylic acids is 1. The number of amides is 1. The summed E-state index contributed by atoms with van der Waals surface area (Å²) in [5, 5.41) is 8.76. The highest BCUT2D eigenvalue weighted by Gasteiger charge is 2.23. The van der Waals surface area contributed by atoms with Crippen LogP contribution in [-0.2, 0) is 16.1 Å². The number of rotatable bonds is 4. The van der Waals surface area contributed by atoms with Crippen LogP contribution in [0.25, 0.3) is 0 Å². The van der Waals surface area contributed by atoms with Gasteiger partial charge in [-0.3, -0.25) is 4.79 Å². The maximum Gasteiger partial charge on any atom is 0.328 e. The lowest BCUT2D eigenvalue weighted by Gasteiger charge is -2.28. The number of likely N-dealkylation sites (tertiary alicyclic amines) is 1. The van der Waals surface area contributed by atoms with Crippen molar-refractivity contribution in [2.75, 3.05) is 13.7 Å². The monoisotopic (exact) mass is 275 g/mol. The normalized spacial score (nSPS) is 17.4. The summed E-state index contributed by atoms with van der Waals surface area (Å²) in [7, 11) is 1.60. The summed E-state index contributed by atoms with van der Waals surface area (Å²) >= 11 is 0. The molecule has 1 amide bonds. The number of benzene rings is 1. The minimum absolute atomic E-state index is 0.186. The zero-order chi connectivity index (χ0) is 14.5. The molecule has 0 saturated carbocycles. The van der Waals surface area contributed by atoms with Gasteiger partial charge in [0.1, 0.15) is 5.75 Å². The molecule has 1 aromatic rings. The second kappa shape index (κ2) is 6.23. The number of hydrogen-bond acceptors (Lipinski definition) is 3. The molecule has 20 heavy (non-hydrogen) atoms. The summed E-state index contributed by atoms with van der Waals surface area (Å²) < 4.78 is 5.09. The van der Waals surface area contributed by atoms with Crippen molar-refractivity contribution in [2.45, 2.75) is 19.4 Å². The Hall–Kier alpha value is -2.30.